The molecule has 0 aromatic heterocycles. The molecule has 1 atom stereocenters. The topological polar surface area (TPSA) is 9.23 Å². The Morgan fingerprint density at radius 2 is 1.71 bits per heavy atom. The molecular formula is C12H24ClO. The first kappa shape index (κ1) is 14.2. The van der Waals surface area contributed by atoms with Crippen molar-refractivity contribution in [3.63, 3.8) is 0 Å². The number of hydrogen-bond acceptors (Lipinski definition) is 1. The van der Waals surface area contributed by atoms with E-state index in [9.17, 15) is 0 Å². The molecule has 0 N–H and O–H groups in total. The molecule has 0 bridgehead atoms. The van der Waals surface area contributed by atoms with Crippen LogP contribution in [-0.2, 0) is 4.74 Å². The van der Waals surface area contributed by atoms with E-state index in [1.807, 2.05) is 6.92 Å². The van der Waals surface area contributed by atoms with Crippen LogP contribution in [0.25, 0.3) is 0 Å². The number of hydrogen-bond donors (Lipinski definition) is 0. The van der Waals surface area contributed by atoms with Crippen LogP contribution in [0.2, 0.25) is 0 Å². The van der Waals surface area contributed by atoms with Gasteiger partial charge in [0.15, 0.2) is 0 Å². The van der Waals surface area contributed by atoms with E-state index in [0.717, 1.165) is 26.1 Å². The minimum absolute atomic E-state index is 0.243. The third-order valence-electron chi connectivity index (χ3n) is 2.20. The van der Waals surface area contributed by atoms with Crippen molar-refractivity contribution in [1.29, 1.82) is 0 Å². The maximum Gasteiger partial charge on any atom is 0.0480 e. The average molecular weight is 220 g/mol. The highest BCUT2D eigenvalue weighted by Gasteiger charge is 1.95. The molecule has 0 aliphatic carbocycles. The van der Waals surface area contributed by atoms with Gasteiger partial charge in [0.2, 0.25) is 0 Å². The highest BCUT2D eigenvalue weighted by atomic mass is 35.5. The fourth-order valence-electron chi connectivity index (χ4n) is 1.26. The predicted molar refractivity (Wildman–Crippen MR) is 63.8 cm³/mol. The summed E-state index contributed by atoms with van der Waals surface area (Å²) in [4.78, 5) is 0. The molecule has 85 valence electrons. The van der Waals surface area contributed by atoms with Gasteiger partial charge in [0.1, 0.15) is 0 Å². The molecule has 0 saturated heterocycles. The van der Waals surface area contributed by atoms with E-state index in [1.165, 1.54) is 32.1 Å². The second kappa shape index (κ2) is 11.3. The summed E-state index contributed by atoms with van der Waals surface area (Å²) < 4.78 is 5.45. The number of unbranched alkanes of at least 4 members (excludes halogenated alkanes) is 5. The monoisotopic (exact) mass is 219 g/mol. The van der Waals surface area contributed by atoms with E-state index >= 15 is 0 Å². The van der Waals surface area contributed by atoms with E-state index in [0.29, 0.717) is 0 Å². The Morgan fingerprint density at radius 1 is 1.07 bits per heavy atom. The maximum absolute atomic E-state index is 5.79. The molecule has 0 aromatic rings. The van der Waals surface area contributed by atoms with Crippen molar-refractivity contribution >= 4 is 11.6 Å². The molecule has 1 nitrogen and oxygen atoms in total. The van der Waals surface area contributed by atoms with Crippen LogP contribution in [-0.4, -0.2) is 18.6 Å². The SMILES string of the molecule is [CH2]CCCCCCCOCCC(C)Cl. The number of rotatable bonds is 10. The van der Waals surface area contributed by atoms with Crippen molar-refractivity contribution < 1.29 is 4.74 Å². The number of ether oxygens (including phenoxy) is 1. The van der Waals surface area contributed by atoms with E-state index < -0.39 is 0 Å². The summed E-state index contributed by atoms with van der Waals surface area (Å²) in [6.45, 7) is 7.53. The van der Waals surface area contributed by atoms with Gasteiger partial charge in [-0.3, -0.25) is 0 Å². The average Bonchev–Trinajstić information content (AvgIpc) is 2.15. The van der Waals surface area contributed by atoms with Crippen LogP contribution in [0.15, 0.2) is 0 Å². The van der Waals surface area contributed by atoms with Gasteiger partial charge in [-0.15, -0.1) is 11.6 Å². The summed E-state index contributed by atoms with van der Waals surface area (Å²) >= 11 is 5.79. The zero-order chi connectivity index (χ0) is 10.6. The molecule has 0 aliphatic rings. The fraction of sp³-hybridized carbons (Fsp3) is 0.917. The number of halogens is 1. The van der Waals surface area contributed by atoms with Gasteiger partial charge in [0, 0.05) is 18.6 Å². The van der Waals surface area contributed by atoms with Gasteiger partial charge in [-0.2, -0.15) is 0 Å². The molecule has 0 aromatic carbocycles. The third kappa shape index (κ3) is 12.2. The quantitative estimate of drug-likeness (QED) is 0.395. The molecule has 14 heavy (non-hydrogen) atoms. The molecule has 0 heterocycles. The summed E-state index contributed by atoms with van der Waals surface area (Å²) in [5.74, 6) is 0. The Balaban J connectivity index is 2.85. The second-order valence-electron chi connectivity index (χ2n) is 3.80. The van der Waals surface area contributed by atoms with Gasteiger partial charge in [-0.25, -0.2) is 0 Å². The summed E-state index contributed by atoms with van der Waals surface area (Å²) in [6, 6.07) is 0. The lowest BCUT2D eigenvalue weighted by Gasteiger charge is -2.05. The minimum atomic E-state index is 0.243. The Labute approximate surface area is 94.2 Å². The Morgan fingerprint density at radius 3 is 2.36 bits per heavy atom. The molecule has 0 saturated carbocycles. The lowest BCUT2D eigenvalue weighted by Crippen LogP contribution is -2.01. The first-order valence-corrected chi connectivity index (χ1v) is 6.22. The van der Waals surface area contributed by atoms with Crippen LogP contribution >= 0.6 is 11.6 Å². The molecule has 0 fully saturated rings. The molecule has 2 heteroatoms. The molecular weight excluding hydrogens is 196 g/mol. The molecule has 0 rings (SSSR count). The van der Waals surface area contributed by atoms with Gasteiger partial charge in [0.05, 0.1) is 0 Å². The van der Waals surface area contributed by atoms with Crippen molar-refractivity contribution in [3.8, 4) is 0 Å². The van der Waals surface area contributed by atoms with Crippen LogP contribution in [0.1, 0.15) is 51.9 Å². The molecule has 0 spiro atoms. The zero-order valence-electron chi connectivity index (χ0n) is 9.43. The molecule has 1 unspecified atom stereocenters. The van der Waals surface area contributed by atoms with Crippen LogP contribution in [0, 0.1) is 6.92 Å². The first-order valence-electron chi connectivity index (χ1n) is 5.78. The standard InChI is InChI=1S/C12H24ClO/c1-3-4-5-6-7-8-10-14-11-9-12(2)13/h12H,1,3-11H2,2H3. The fourth-order valence-corrected chi connectivity index (χ4v) is 1.35. The highest BCUT2D eigenvalue weighted by Crippen LogP contribution is 2.05. The van der Waals surface area contributed by atoms with Gasteiger partial charge < -0.3 is 4.74 Å². The smallest absolute Gasteiger partial charge is 0.0480 e. The summed E-state index contributed by atoms with van der Waals surface area (Å²) in [7, 11) is 0. The lowest BCUT2D eigenvalue weighted by atomic mass is 10.1. The van der Waals surface area contributed by atoms with Gasteiger partial charge >= 0.3 is 0 Å². The van der Waals surface area contributed by atoms with Gasteiger partial charge in [-0.05, 0) is 19.8 Å². The molecule has 0 amide bonds. The van der Waals surface area contributed by atoms with Gasteiger partial charge in [-0.1, -0.05) is 39.0 Å². The maximum atomic E-state index is 5.79. The summed E-state index contributed by atoms with van der Waals surface area (Å²) in [5, 5.41) is 0.243. The van der Waals surface area contributed by atoms with Crippen LogP contribution < -0.4 is 0 Å². The second-order valence-corrected chi connectivity index (χ2v) is 4.55. The van der Waals surface area contributed by atoms with Crippen molar-refractivity contribution in [1.82, 2.24) is 0 Å². The highest BCUT2D eigenvalue weighted by molar-refractivity contribution is 6.20. The predicted octanol–water partition coefficient (Wildman–Crippen LogP) is 4.20. The van der Waals surface area contributed by atoms with Crippen molar-refractivity contribution in [2.45, 2.75) is 57.2 Å². The molecule has 1 radical (unpaired) electrons. The normalized spacial score (nSPS) is 13.1. The van der Waals surface area contributed by atoms with E-state index in [2.05, 4.69) is 6.92 Å². The van der Waals surface area contributed by atoms with Crippen LogP contribution in [0.3, 0.4) is 0 Å². The first-order chi connectivity index (χ1) is 6.77. The largest absolute Gasteiger partial charge is 0.381 e. The Bertz CT molecular complexity index is 104. The number of alkyl halides is 1. The lowest BCUT2D eigenvalue weighted by molar-refractivity contribution is 0.127. The van der Waals surface area contributed by atoms with E-state index in [1.54, 1.807) is 0 Å². The van der Waals surface area contributed by atoms with Crippen molar-refractivity contribution in [2.75, 3.05) is 13.2 Å². The Kier molecular flexibility index (Phi) is 11.5. The Hall–Kier alpha value is 0.250. The van der Waals surface area contributed by atoms with Crippen molar-refractivity contribution in [3.05, 3.63) is 6.92 Å². The van der Waals surface area contributed by atoms with Crippen LogP contribution in [0.5, 0.6) is 0 Å². The van der Waals surface area contributed by atoms with E-state index in [-0.39, 0.29) is 5.38 Å². The van der Waals surface area contributed by atoms with Crippen LogP contribution in [0.4, 0.5) is 0 Å². The van der Waals surface area contributed by atoms with Gasteiger partial charge in [0.25, 0.3) is 0 Å². The summed E-state index contributed by atoms with van der Waals surface area (Å²) in [5.41, 5.74) is 0. The third-order valence-corrected chi connectivity index (χ3v) is 2.42. The zero-order valence-corrected chi connectivity index (χ0v) is 10.2. The summed E-state index contributed by atoms with van der Waals surface area (Å²) in [6.07, 6.45) is 8.43. The minimum Gasteiger partial charge on any atom is -0.381 e. The molecule has 0 aliphatic heterocycles. The van der Waals surface area contributed by atoms with E-state index in [4.69, 9.17) is 16.3 Å². The van der Waals surface area contributed by atoms with Crippen molar-refractivity contribution in [2.24, 2.45) is 0 Å².